The number of benzene rings is 1. The van der Waals surface area contributed by atoms with E-state index in [1.54, 1.807) is 0 Å². The van der Waals surface area contributed by atoms with E-state index in [-0.39, 0.29) is 21.7 Å². The van der Waals surface area contributed by atoms with E-state index in [4.69, 9.17) is 30.6 Å². The van der Waals surface area contributed by atoms with E-state index in [0.29, 0.717) is 44.2 Å². The van der Waals surface area contributed by atoms with Gasteiger partial charge in [-0.2, -0.15) is 0 Å². The number of hydrogen-bond donors (Lipinski definition) is 0. The van der Waals surface area contributed by atoms with Crippen LogP contribution >= 0.6 is 0 Å². The van der Waals surface area contributed by atoms with Gasteiger partial charge in [-0.05, 0) is 31.1 Å². The maximum absolute atomic E-state index is 13.7. The number of hydrogen-bond acceptors (Lipinski definition) is 4. The van der Waals surface area contributed by atoms with Crippen LogP contribution in [0.4, 0.5) is 23.2 Å². The van der Waals surface area contributed by atoms with Gasteiger partial charge in [0.05, 0.1) is 23.3 Å². The van der Waals surface area contributed by atoms with Crippen LogP contribution in [0, 0.1) is 29.3 Å². The normalized spacial score (nSPS) is 7.93. The van der Waals surface area contributed by atoms with Gasteiger partial charge in [-0.25, -0.2) is 8.78 Å². The van der Waals surface area contributed by atoms with Crippen molar-refractivity contribution in [1.29, 1.82) is 0 Å². The summed E-state index contributed by atoms with van der Waals surface area (Å²) in [5.41, 5.74) is -0.615. The first-order valence-corrected chi connectivity index (χ1v) is 7.81. The molecule has 156 valence electrons. The molecule has 0 saturated heterocycles. The zero-order valence-corrected chi connectivity index (χ0v) is 17.3. The Labute approximate surface area is 180 Å². The SMILES string of the molecule is CCCCN(CCCC)c1c(F)c(F)[c-]c(F)c1F.[N-]=C=O.[N-]=C=O.[N-]=C=O.[Ti+4]. The summed E-state index contributed by atoms with van der Waals surface area (Å²) in [4.78, 5) is 26.1. The second kappa shape index (κ2) is 23.6. The van der Waals surface area contributed by atoms with E-state index >= 15 is 0 Å². The summed E-state index contributed by atoms with van der Waals surface area (Å²) in [5.74, 6) is -5.70. The van der Waals surface area contributed by atoms with Crippen molar-refractivity contribution in [3.63, 3.8) is 0 Å². The molecule has 0 radical (unpaired) electrons. The fourth-order valence-electron chi connectivity index (χ4n) is 1.82. The van der Waals surface area contributed by atoms with Gasteiger partial charge >= 0.3 is 21.7 Å². The Kier molecular flexibility index (Phi) is 27.8. The van der Waals surface area contributed by atoms with Crippen LogP contribution in [0.25, 0.3) is 16.2 Å². The van der Waals surface area contributed by atoms with Crippen LogP contribution in [-0.4, -0.2) is 31.3 Å². The van der Waals surface area contributed by atoms with Crippen molar-refractivity contribution in [2.45, 2.75) is 39.5 Å². The number of carbonyl (C=O) groups excluding carboxylic acids is 3. The number of unbranched alkanes of at least 4 members (excludes halogenated alkanes) is 2. The predicted octanol–water partition coefficient (Wildman–Crippen LogP) is 4.12. The van der Waals surface area contributed by atoms with Gasteiger partial charge in [0.1, 0.15) is 0 Å². The van der Waals surface area contributed by atoms with Gasteiger partial charge in [0, 0.05) is 18.8 Å². The fourth-order valence-corrected chi connectivity index (χ4v) is 1.82. The van der Waals surface area contributed by atoms with Gasteiger partial charge in [-0.15, -0.1) is 6.07 Å². The smallest absolute Gasteiger partial charge is 0.724 e. The van der Waals surface area contributed by atoms with Gasteiger partial charge < -0.3 is 21.1 Å². The first-order valence-electron chi connectivity index (χ1n) is 7.81. The van der Waals surface area contributed by atoms with Crippen molar-refractivity contribution in [2.75, 3.05) is 18.0 Å². The number of nitrogens with zero attached hydrogens (tertiary/aromatic N) is 4. The van der Waals surface area contributed by atoms with Gasteiger partial charge in [0.25, 0.3) is 0 Å². The first-order chi connectivity index (χ1) is 13.3. The molecule has 0 fully saturated rings. The molecule has 1 rings (SSSR count). The van der Waals surface area contributed by atoms with Crippen molar-refractivity contribution >= 4 is 23.9 Å². The topological polar surface area (TPSA) is 121 Å². The molecule has 0 heterocycles. The minimum Gasteiger partial charge on any atom is -0.724 e. The summed E-state index contributed by atoms with van der Waals surface area (Å²) < 4.78 is 53.7. The van der Waals surface area contributed by atoms with E-state index in [2.05, 4.69) is 0 Å². The molecule has 0 aliphatic heterocycles. The average molecular weight is 450 g/mol. The van der Waals surface area contributed by atoms with E-state index in [1.807, 2.05) is 13.8 Å². The summed E-state index contributed by atoms with van der Waals surface area (Å²) in [6.07, 6.45) is 4.56. The second-order valence-electron chi connectivity index (χ2n) is 4.70. The maximum atomic E-state index is 13.7. The second-order valence-corrected chi connectivity index (χ2v) is 4.70. The number of halogens is 4. The molecule has 1 aromatic carbocycles. The van der Waals surface area contributed by atoms with Crippen molar-refractivity contribution in [3.8, 4) is 0 Å². The molecule has 0 atom stereocenters. The monoisotopic (exact) mass is 450 g/mol. The number of anilines is 1. The van der Waals surface area contributed by atoms with Crippen molar-refractivity contribution in [2.24, 2.45) is 0 Å². The molecule has 0 aromatic heterocycles. The van der Waals surface area contributed by atoms with Crippen LogP contribution in [0.2, 0.25) is 0 Å². The molecule has 0 aliphatic carbocycles. The quantitative estimate of drug-likeness (QED) is 0.155. The van der Waals surface area contributed by atoms with Gasteiger partial charge in [0.2, 0.25) is 0 Å². The van der Waals surface area contributed by atoms with E-state index in [1.165, 1.54) is 11.0 Å². The Hall–Kier alpha value is -2.41. The molecule has 12 heteroatoms. The summed E-state index contributed by atoms with van der Waals surface area (Å²) >= 11 is 0. The summed E-state index contributed by atoms with van der Waals surface area (Å²) in [6, 6.07) is 1.40. The molecule has 0 N–H and O–H groups in total. The Morgan fingerprint density at radius 1 is 0.793 bits per heavy atom. The molecule has 0 amide bonds. The molecule has 0 unspecified atom stereocenters. The Morgan fingerprint density at radius 2 is 1.07 bits per heavy atom. The third-order valence-corrected chi connectivity index (χ3v) is 2.90. The molecule has 1 aromatic rings. The summed E-state index contributed by atoms with van der Waals surface area (Å²) in [7, 11) is 0. The van der Waals surface area contributed by atoms with Crippen LogP contribution in [0.5, 0.6) is 0 Å². The number of isocyanates is 3. The molecule has 7 nitrogen and oxygen atoms in total. The van der Waals surface area contributed by atoms with Gasteiger partial charge in [-0.1, -0.05) is 26.7 Å². The van der Waals surface area contributed by atoms with E-state index in [0.717, 1.165) is 12.8 Å². The molecule has 0 spiro atoms. The van der Waals surface area contributed by atoms with Crippen LogP contribution < -0.4 is 4.90 Å². The largest absolute Gasteiger partial charge is 4.00 e. The Morgan fingerprint density at radius 3 is 1.31 bits per heavy atom. The predicted molar refractivity (Wildman–Crippen MR) is 94.3 cm³/mol. The maximum Gasteiger partial charge on any atom is 4.00 e. The average Bonchev–Trinajstić information content (AvgIpc) is 2.64. The van der Waals surface area contributed by atoms with E-state index < -0.39 is 29.0 Å². The summed E-state index contributed by atoms with van der Waals surface area (Å²) in [5, 5.41) is 20.3. The van der Waals surface area contributed by atoms with E-state index in [9.17, 15) is 17.6 Å². The zero-order chi connectivity index (χ0) is 22.5. The third-order valence-electron chi connectivity index (χ3n) is 2.90. The van der Waals surface area contributed by atoms with Crippen LogP contribution in [0.3, 0.4) is 0 Å². The molecule has 0 bridgehead atoms. The van der Waals surface area contributed by atoms with Crippen LogP contribution in [0.1, 0.15) is 39.5 Å². The molecule has 29 heavy (non-hydrogen) atoms. The minimum atomic E-state index is -1.48. The summed E-state index contributed by atoms with van der Waals surface area (Å²) in [6.45, 7) is 4.61. The molecular formula is C17H18F4N4O3Ti. The first kappa shape index (κ1) is 34.1. The van der Waals surface area contributed by atoms with Crippen molar-refractivity contribution < 1.29 is 53.7 Å². The van der Waals surface area contributed by atoms with Crippen molar-refractivity contribution in [3.05, 3.63) is 45.6 Å². The van der Waals surface area contributed by atoms with Gasteiger partial charge in [-0.3, -0.25) is 23.2 Å². The zero-order valence-electron chi connectivity index (χ0n) is 15.8. The molecular weight excluding hydrogens is 432 g/mol. The standard InChI is InChI=1S/C14H18F4N.3CNO.Ti/c1-3-5-7-19(8-6-4-2)14-12(17)10(15)9-11(16)13(14)18;3*2-1-3;/h3-8H2,1-2H3;;;;/q4*-1;+4. The third kappa shape index (κ3) is 16.3. The Bertz CT molecular complexity index is 612. The van der Waals surface area contributed by atoms with Crippen molar-refractivity contribution in [1.82, 2.24) is 0 Å². The fraction of sp³-hybridized carbons (Fsp3) is 0.471. The minimum absolute atomic E-state index is 0. The van der Waals surface area contributed by atoms with Gasteiger partial charge in [0.15, 0.2) is 0 Å². The van der Waals surface area contributed by atoms with Crippen LogP contribution in [-0.2, 0) is 36.1 Å². The molecule has 0 saturated carbocycles. The van der Waals surface area contributed by atoms with Crippen LogP contribution in [0.15, 0.2) is 0 Å². The Balaban J connectivity index is -0.000000266. The number of rotatable bonds is 7. The molecule has 0 aliphatic rings.